The van der Waals surface area contributed by atoms with Crippen LogP contribution in [0.25, 0.3) is 101 Å². The first kappa shape index (κ1) is 32.0. The first-order valence-electron chi connectivity index (χ1n) is 18.0. The highest BCUT2D eigenvalue weighted by atomic mass is 16.3. The predicted octanol–water partition coefficient (Wildman–Crippen LogP) is 11.6. The summed E-state index contributed by atoms with van der Waals surface area (Å²) < 4.78 is 6.27. The van der Waals surface area contributed by atoms with Gasteiger partial charge in [-0.3, -0.25) is 0 Å². The Kier molecular flexibility index (Phi) is 8.00. The van der Waals surface area contributed by atoms with Gasteiger partial charge in [0, 0.05) is 44.2 Å². The van der Waals surface area contributed by atoms with Crippen LogP contribution < -0.4 is 0 Å². The summed E-state index contributed by atoms with van der Waals surface area (Å²) in [7, 11) is 0. The summed E-state index contributed by atoms with van der Waals surface area (Å²) in [6, 6.07) is 60.8. The molecule has 10 rings (SSSR count). The Balaban J connectivity index is 1.13. The molecule has 10 aromatic rings. The largest absolute Gasteiger partial charge is 0.456 e. The molecule has 55 heavy (non-hydrogen) atoms. The number of furan rings is 1. The van der Waals surface area contributed by atoms with Crippen molar-refractivity contribution in [3.63, 3.8) is 0 Å². The van der Waals surface area contributed by atoms with Gasteiger partial charge in [-0.15, -0.1) is 0 Å². The maximum Gasteiger partial charge on any atom is 0.164 e. The van der Waals surface area contributed by atoms with E-state index in [1.165, 1.54) is 0 Å². The monoisotopic (exact) mass is 706 g/mol. The number of rotatable bonds is 7. The molecule has 0 aliphatic carbocycles. The first-order valence-corrected chi connectivity index (χ1v) is 18.0. The highest BCUT2D eigenvalue weighted by Crippen LogP contribution is 2.34. The zero-order valence-corrected chi connectivity index (χ0v) is 29.4. The molecule has 7 aromatic carbocycles. The second-order valence-electron chi connectivity index (χ2n) is 13.2. The van der Waals surface area contributed by atoms with E-state index in [4.69, 9.17) is 34.3 Å². The normalized spacial score (nSPS) is 11.3. The molecule has 0 saturated heterocycles. The molecular weight excluding hydrogens is 677 g/mol. The maximum atomic E-state index is 6.27. The zero-order valence-electron chi connectivity index (χ0n) is 29.4. The van der Waals surface area contributed by atoms with Gasteiger partial charge in [0.2, 0.25) is 0 Å². The van der Waals surface area contributed by atoms with Crippen LogP contribution in [0.3, 0.4) is 0 Å². The fourth-order valence-corrected chi connectivity index (χ4v) is 6.83. The molecule has 0 bridgehead atoms. The van der Waals surface area contributed by atoms with Crippen LogP contribution in [-0.2, 0) is 0 Å². The van der Waals surface area contributed by atoms with Gasteiger partial charge in [0.25, 0.3) is 0 Å². The molecule has 3 aromatic heterocycles. The lowest BCUT2D eigenvalue weighted by Crippen LogP contribution is -2.02. The van der Waals surface area contributed by atoms with Gasteiger partial charge in [-0.05, 0) is 41.5 Å². The van der Waals surface area contributed by atoms with E-state index in [1.807, 2.05) is 146 Å². The zero-order chi connectivity index (χ0) is 36.6. The smallest absolute Gasteiger partial charge is 0.164 e. The minimum absolute atomic E-state index is 0.525. The number of aromatic nitrogens is 6. The maximum absolute atomic E-state index is 6.27. The van der Waals surface area contributed by atoms with Gasteiger partial charge >= 0.3 is 0 Å². The standard InChI is InChI=1S/C48H30N6O/c1-4-14-31(15-5-1)34-20-12-21-35(28-34)45-52-47(54-48(53-45)38-26-27-40-39-24-10-11-25-41(39)55-42(40)30-38)37-23-13-22-36(29-37)46-50-43(32-16-6-2-7-17-32)49-44(51-46)33-18-8-3-9-19-33/h1-30H. The molecule has 7 nitrogen and oxygen atoms in total. The molecule has 0 unspecified atom stereocenters. The molecule has 0 spiro atoms. The number of para-hydroxylation sites is 1. The molecule has 7 heteroatoms. The summed E-state index contributed by atoms with van der Waals surface area (Å²) in [5, 5.41) is 2.11. The van der Waals surface area contributed by atoms with Crippen LogP contribution in [0.1, 0.15) is 0 Å². The highest BCUT2D eigenvalue weighted by molar-refractivity contribution is 6.05. The third-order valence-electron chi connectivity index (χ3n) is 9.58. The van der Waals surface area contributed by atoms with Crippen LogP contribution in [0.2, 0.25) is 0 Å². The number of nitrogens with zero attached hydrogens (tertiary/aromatic N) is 6. The summed E-state index contributed by atoms with van der Waals surface area (Å²) in [6.45, 7) is 0. The van der Waals surface area contributed by atoms with Crippen molar-refractivity contribution in [2.45, 2.75) is 0 Å². The lowest BCUT2D eigenvalue weighted by Gasteiger charge is -2.11. The molecule has 0 amide bonds. The fourth-order valence-electron chi connectivity index (χ4n) is 6.83. The topological polar surface area (TPSA) is 90.5 Å². The average Bonchev–Trinajstić information content (AvgIpc) is 3.65. The van der Waals surface area contributed by atoms with E-state index >= 15 is 0 Å². The van der Waals surface area contributed by atoms with E-state index < -0.39 is 0 Å². The molecule has 0 aliphatic rings. The van der Waals surface area contributed by atoms with Crippen molar-refractivity contribution >= 4 is 21.9 Å². The van der Waals surface area contributed by atoms with Crippen molar-refractivity contribution < 1.29 is 4.42 Å². The molecule has 0 atom stereocenters. The lowest BCUT2D eigenvalue weighted by atomic mass is 10.0. The van der Waals surface area contributed by atoms with E-state index in [0.717, 1.165) is 66.4 Å². The third kappa shape index (κ3) is 6.30. The lowest BCUT2D eigenvalue weighted by molar-refractivity contribution is 0.669. The first-order chi connectivity index (χ1) is 27.2. The summed E-state index contributed by atoms with van der Waals surface area (Å²) in [5.41, 5.74) is 8.93. The predicted molar refractivity (Wildman–Crippen MR) is 219 cm³/mol. The van der Waals surface area contributed by atoms with Crippen molar-refractivity contribution in [3.8, 4) is 79.5 Å². The van der Waals surface area contributed by atoms with Crippen molar-refractivity contribution in [2.24, 2.45) is 0 Å². The second-order valence-corrected chi connectivity index (χ2v) is 13.2. The number of benzene rings is 7. The van der Waals surface area contributed by atoms with Gasteiger partial charge in [-0.2, -0.15) is 0 Å². The molecule has 0 saturated carbocycles. The Bertz CT molecular complexity index is 2920. The Morgan fingerprint density at radius 1 is 0.236 bits per heavy atom. The van der Waals surface area contributed by atoms with Crippen LogP contribution in [0, 0.1) is 0 Å². The van der Waals surface area contributed by atoms with Gasteiger partial charge in [0.1, 0.15) is 11.2 Å². The van der Waals surface area contributed by atoms with Gasteiger partial charge in [0.05, 0.1) is 0 Å². The Morgan fingerprint density at radius 2 is 0.600 bits per heavy atom. The molecule has 258 valence electrons. The molecular formula is C48H30N6O. The van der Waals surface area contributed by atoms with E-state index in [2.05, 4.69) is 36.4 Å². The SMILES string of the molecule is c1ccc(-c2cccc(-c3nc(-c4cccc(-c5nc(-c6ccccc6)nc(-c6ccccc6)n5)c4)nc(-c4ccc5c(c4)oc4ccccc45)n3)c2)cc1. The van der Waals surface area contributed by atoms with Crippen LogP contribution in [0.4, 0.5) is 0 Å². The fraction of sp³-hybridized carbons (Fsp3) is 0. The number of hydrogen-bond acceptors (Lipinski definition) is 7. The summed E-state index contributed by atoms with van der Waals surface area (Å²) in [6.07, 6.45) is 0. The molecule has 3 heterocycles. The second kappa shape index (κ2) is 13.7. The van der Waals surface area contributed by atoms with Crippen LogP contribution in [0.5, 0.6) is 0 Å². The average molecular weight is 707 g/mol. The summed E-state index contributed by atoms with van der Waals surface area (Å²) in [4.78, 5) is 30.1. The van der Waals surface area contributed by atoms with Crippen molar-refractivity contribution in [3.05, 3.63) is 182 Å². The minimum Gasteiger partial charge on any atom is -0.456 e. The van der Waals surface area contributed by atoms with Crippen LogP contribution >= 0.6 is 0 Å². The van der Waals surface area contributed by atoms with Crippen LogP contribution in [-0.4, -0.2) is 29.9 Å². The van der Waals surface area contributed by atoms with Gasteiger partial charge in [-0.1, -0.05) is 152 Å². The third-order valence-corrected chi connectivity index (χ3v) is 9.58. The molecule has 0 radical (unpaired) electrons. The van der Waals surface area contributed by atoms with Gasteiger partial charge in [-0.25, -0.2) is 29.9 Å². The van der Waals surface area contributed by atoms with E-state index in [-0.39, 0.29) is 0 Å². The Morgan fingerprint density at radius 3 is 1.13 bits per heavy atom. The van der Waals surface area contributed by atoms with E-state index in [9.17, 15) is 0 Å². The molecule has 0 aliphatic heterocycles. The highest BCUT2D eigenvalue weighted by Gasteiger charge is 2.17. The van der Waals surface area contributed by atoms with Gasteiger partial charge in [0.15, 0.2) is 34.9 Å². The number of fused-ring (bicyclic) bond motifs is 3. The molecule has 0 fully saturated rings. The van der Waals surface area contributed by atoms with Crippen molar-refractivity contribution in [1.29, 1.82) is 0 Å². The molecule has 0 N–H and O–H groups in total. The summed E-state index contributed by atoms with van der Waals surface area (Å²) >= 11 is 0. The van der Waals surface area contributed by atoms with E-state index in [0.29, 0.717) is 34.9 Å². The Hall–Kier alpha value is -7.64. The summed E-state index contributed by atoms with van der Waals surface area (Å²) in [5.74, 6) is 3.37. The van der Waals surface area contributed by atoms with Gasteiger partial charge < -0.3 is 4.42 Å². The van der Waals surface area contributed by atoms with Crippen LogP contribution in [0.15, 0.2) is 186 Å². The van der Waals surface area contributed by atoms with Crippen molar-refractivity contribution in [1.82, 2.24) is 29.9 Å². The Labute approximate surface area is 316 Å². The number of hydrogen-bond donors (Lipinski definition) is 0. The van der Waals surface area contributed by atoms with E-state index in [1.54, 1.807) is 0 Å². The quantitative estimate of drug-likeness (QED) is 0.163. The minimum atomic E-state index is 0.525. The van der Waals surface area contributed by atoms with Crippen molar-refractivity contribution in [2.75, 3.05) is 0 Å².